The number of nitrogens with zero attached hydrogens (tertiary/aromatic N) is 9. The summed E-state index contributed by atoms with van der Waals surface area (Å²) >= 11 is 0. The van der Waals surface area contributed by atoms with Crippen LogP contribution >= 0.6 is 0 Å². The number of hydrogen-bond donors (Lipinski definition) is 2. The molecule has 9 rings (SSSR count). The second kappa shape index (κ2) is 32.5. The summed E-state index contributed by atoms with van der Waals surface area (Å²) < 4.78 is 11.2. The number of hydrogen-bond acceptors (Lipinski definition) is 11. The summed E-state index contributed by atoms with van der Waals surface area (Å²) in [6.45, 7) is 23.8. The molecule has 2 N–H and O–H groups in total. The highest BCUT2D eigenvalue weighted by Crippen LogP contribution is 2.15. The number of carbonyl (C=O) groups excluding carboxylic acids is 1. The zero-order valence-corrected chi connectivity index (χ0v) is 42.7. The maximum Gasteiger partial charge on any atom is 0.412 e. The third-order valence-electron chi connectivity index (χ3n) is 8.88. The molecule has 7 heterocycles. The first kappa shape index (κ1) is 57.0. The first-order valence-corrected chi connectivity index (χ1v) is 22.2. The number of nitrogens with one attached hydrogen (secondary N) is 2. The van der Waals surface area contributed by atoms with E-state index in [1.54, 1.807) is 31.6 Å². The van der Waals surface area contributed by atoms with Gasteiger partial charge >= 0.3 is 6.09 Å². The predicted molar refractivity (Wildman–Crippen MR) is 278 cm³/mol. The number of aryl methyl sites for hydroxylation is 13. The maximum atomic E-state index is 10.7. The Morgan fingerprint density at radius 2 is 1.14 bits per heavy atom. The van der Waals surface area contributed by atoms with Gasteiger partial charge in [0.05, 0.1) is 12.8 Å². The molecule has 7 aromatic heterocycles. The van der Waals surface area contributed by atoms with Gasteiger partial charge in [0.15, 0.2) is 0 Å². The van der Waals surface area contributed by atoms with Crippen LogP contribution in [-0.4, -0.2) is 63.3 Å². The van der Waals surface area contributed by atoms with E-state index in [2.05, 4.69) is 93.5 Å². The number of anilines is 1. The van der Waals surface area contributed by atoms with Gasteiger partial charge in [0, 0.05) is 78.5 Å². The van der Waals surface area contributed by atoms with Crippen molar-refractivity contribution in [2.24, 2.45) is 7.05 Å². The van der Waals surface area contributed by atoms with Gasteiger partial charge in [-0.3, -0.25) is 30.0 Å². The number of methoxy groups -OCH3 is 1. The number of pyridine rings is 4. The Hall–Kier alpha value is -8.13. The Morgan fingerprint density at radius 3 is 1.49 bits per heavy atom. The van der Waals surface area contributed by atoms with E-state index in [4.69, 9.17) is 4.52 Å². The van der Waals surface area contributed by atoms with Gasteiger partial charge in [0.1, 0.15) is 5.82 Å². The Bertz CT molecular complexity index is 2600. The zero-order chi connectivity index (χ0) is 51.0. The summed E-state index contributed by atoms with van der Waals surface area (Å²) in [5.74, 6) is 1.75. The van der Waals surface area contributed by atoms with Crippen LogP contribution in [0.25, 0.3) is 11.4 Å². The summed E-state index contributed by atoms with van der Waals surface area (Å²) in [6, 6.07) is 41.8. The minimum Gasteiger partial charge on any atom is -0.453 e. The summed E-state index contributed by atoms with van der Waals surface area (Å²) in [5.41, 5.74) is 13.6. The average molecular weight is 932 g/mol. The van der Waals surface area contributed by atoms with Crippen molar-refractivity contribution in [3.63, 3.8) is 0 Å². The van der Waals surface area contributed by atoms with E-state index in [-0.39, 0.29) is 0 Å². The third-order valence-corrected chi connectivity index (χ3v) is 8.88. The van der Waals surface area contributed by atoms with Gasteiger partial charge in [0.25, 0.3) is 0 Å². The van der Waals surface area contributed by atoms with E-state index in [0.717, 1.165) is 45.3 Å². The van der Waals surface area contributed by atoms with Gasteiger partial charge in [-0.2, -0.15) is 15.2 Å². The average Bonchev–Trinajstić information content (AvgIpc) is 4.06. The fraction of sp³-hybridized carbons (Fsp3) is 0.255. The number of aromatic nitrogens is 10. The Morgan fingerprint density at radius 1 is 0.551 bits per heavy atom. The fourth-order valence-electron chi connectivity index (χ4n) is 5.29. The summed E-state index contributed by atoms with van der Waals surface area (Å²) in [5, 5.41) is 16.9. The summed E-state index contributed by atoms with van der Waals surface area (Å²) in [4.78, 5) is 31.0. The van der Waals surface area contributed by atoms with Crippen molar-refractivity contribution < 1.29 is 14.1 Å². The normalized spacial score (nSPS) is 9.36. The van der Waals surface area contributed by atoms with E-state index < -0.39 is 6.09 Å². The number of aromatic amines is 1. The van der Waals surface area contributed by atoms with Crippen LogP contribution < -0.4 is 5.32 Å². The van der Waals surface area contributed by atoms with Gasteiger partial charge < -0.3 is 9.26 Å². The van der Waals surface area contributed by atoms with Crippen molar-refractivity contribution in [2.45, 2.75) is 83.1 Å². The largest absolute Gasteiger partial charge is 0.453 e. The first-order chi connectivity index (χ1) is 32.9. The van der Waals surface area contributed by atoms with E-state index in [0.29, 0.717) is 17.5 Å². The minimum absolute atomic E-state index is 0.502. The number of rotatable bonds is 2. The van der Waals surface area contributed by atoms with Gasteiger partial charge in [-0.25, -0.2) is 9.78 Å². The van der Waals surface area contributed by atoms with E-state index in [1.165, 1.54) is 29.5 Å². The Balaban J connectivity index is 0.000000274. The van der Waals surface area contributed by atoms with Gasteiger partial charge in [0.2, 0.25) is 11.7 Å². The number of benzene rings is 2. The number of carbonyl (C=O) groups is 1. The highest BCUT2D eigenvalue weighted by molar-refractivity contribution is 5.83. The quantitative estimate of drug-likeness (QED) is 0.169. The lowest BCUT2D eigenvalue weighted by atomic mass is 10.1. The molecule has 362 valence electrons. The molecule has 2 aromatic carbocycles. The fourth-order valence-corrected chi connectivity index (χ4v) is 5.29. The first-order valence-electron chi connectivity index (χ1n) is 22.2. The van der Waals surface area contributed by atoms with Crippen molar-refractivity contribution in [1.82, 2.24) is 50.1 Å². The number of ether oxygens (including phenoxy) is 1. The topological polar surface area (TPSA) is 175 Å². The second-order valence-electron chi connectivity index (χ2n) is 15.6. The molecule has 0 saturated carbocycles. The van der Waals surface area contributed by atoms with Crippen molar-refractivity contribution in [1.29, 1.82) is 0 Å². The molecule has 0 fully saturated rings. The second-order valence-corrected chi connectivity index (χ2v) is 15.6. The molecule has 0 aliphatic carbocycles. The van der Waals surface area contributed by atoms with Crippen LogP contribution in [0.3, 0.4) is 0 Å². The zero-order valence-electron chi connectivity index (χ0n) is 42.7. The lowest BCUT2D eigenvalue weighted by Crippen LogP contribution is -2.11. The van der Waals surface area contributed by atoms with E-state index in [9.17, 15) is 4.79 Å². The van der Waals surface area contributed by atoms with Crippen LogP contribution in [0.5, 0.6) is 0 Å². The van der Waals surface area contributed by atoms with Crippen LogP contribution in [-0.2, 0) is 11.8 Å². The van der Waals surface area contributed by atoms with E-state index in [1.807, 2.05) is 177 Å². The van der Waals surface area contributed by atoms with Crippen molar-refractivity contribution in [3.05, 3.63) is 220 Å². The van der Waals surface area contributed by atoms with E-state index >= 15 is 0 Å². The van der Waals surface area contributed by atoms with Gasteiger partial charge in [-0.1, -0.05) is 83.0 Å². The molecule has 1 amide bonds. The minimum atomic E-state index is -0.506. The standard InChI is InChI=1S/C10H10N2O.C8H10N2O2.2C7H9N.C7H8.C6H10N2.C6H7N.C4H6N2/c1-7-3-5-9(6-4-7)10-11-8(2)13-12-10;1-6-3-4-9-7(5-6)10-8(11)12-2;1-6-3-4-8-7(2)5-6;1-6-4-3-5-7(2)8-6;1-7-5-3-2-4-6-7;1-5-4-6(2)8(3)7-5;1-6-4-2-3-5-7-6;1-4-2-3-5-6-4/h3-6H,1-2H3;3-5H,1-2H3,(H,9,10,11);2*3-5H,1-2H3;2-6H,1H3;4H,1-3H3;2-5H,1H3;2-3H,1H3,(H,5,6). The molecule has 0 aliphatic rings. The highest BCUT2D eigenvalue weighted by atomic mass is 16.5. The van der Waals surface area contributed by atoms with Crippen LogP contribution in [0, 0.1) is 83.1 Å². The van der Waals surface area contributed by atoms with Crippen molar-refractivity contribution in [3.8, 4) is 11.4 Å². The SMILES string of the molecule is COC(=O)Nc1cc(C)ccn1.Cc1cc(C)n(C)n1.Cc1ccc(-c2noc(C)n2)cc1.Cc1cccc(C)n1.Cc1ccccc1.Cc1ccccn1.Cc1ccn[nH]1.Cc1ccnc(C)c1. The molecule has 14 nitrogen and oxygen atoms in total. The van der Waals surface area contributed by atoms with Gasteiger partial charge in [-0.15, -0.1) is 0 Å². The number of H-pyrrole nitrogens is 1. The smallest absolute Gasteiger partial charge is 0.412 e. The van der Waals surface area contributed by atoms with Crippen LogP contribution in [0.1, 0.15) is 68.0 Å². The Labute approximate surface area is 408 Å². The molecular weight excluding hydrogens is 863 g/mol. The van der Waals surface area contributed by atoms with Gasteiger partial charge in [-0.05, 0) is 148 Å². The lowest BCUT2D eigenvalue weighted by molar-refractivity contribution is 0.187. The maximum absolute atomic E-state index is 10.7. The van der Waals surface area contributed by atoms with Crippen LogP contribution in [0.15, 0.2) is 157 Å². The molecule has 69 heavy (non-hydrogen) atoms. The molecule has 0 bridgehead atoms. The molecule has 0 spiro atoms. The molecule has 0 atom stereocenters. The molecule has 9 aromatic rings. The molecule has 14 heteroatoms. The van der Waals surface area contributed by atoms with Crippen molar-refractivity contribution in [2.75, 3.05) is 12.4 Å². The number of amides is 1. The predicted octanol–water partition coefficient (Wildman–Crippen LogP) is 12.5. The lowest BCUT2D eigenvalue weighted by Gasteiger charge is -2.01. The monoisotopic (exact) mass is 932 g/mol. The highest BCUT2D eigenvalue weighted by Gasteiger charge is 2.04. The van der Waals surface area contributed by atoms with Crippen molar-refractivity contribution >= 4 is 11.9 Å². The van der Waals surface area contributed by atoms with Crippen LogP contribution in [0.2, 0.25) is 0 Å². The van der Waals surface area contributed by atoms with Crippen LogP contribution in [0.4, 0.5) is 10.6 Å². The molecule has 0 aliphatic heterocycles. The summed E-state index contributed by atoms with van der Waals surface area (Å²) in [6.07, 6.45) is 6.46. The Kier molecular flexibility index (Phi) is 26.9. The third kappa shape index (κ3) is 27.2. The summed E-state index contributed by atoms with van der Waals surface area (Å²) in [7, 11) is 3.26. The molecule has 0 saturated heterocycles. The molecule has 0 radical (unpaired) electrons. The molecule has 0 unspecified atom stereocenters. The molecular formula is C55H69N11O3.